The van der Waals surface area contributed by atoms with Gasteiger partial charge in [0.1, 0.15) is 0 Å². The molecule has 4 aliphatic rings. The van der Waals surface area contributed by atoms with Gasteiger partial charge >= 0.3 is 0 Å². The SMILES string of the molecule is C[C@H](CCC(C(C)(C)C)C(C)(C)C)[C@H]1CC[C@H]2[C@@H]3CC=C4C[C@@H](O)CC[C@]4(C)[C@H]3CC[C@]12C. The van der Waals surface area contributed by atoms with Crippen LogP contribution < -0.4 is 0 Å². The van der Waals surface area contributed by atoms with E-state index in [-0.39, 0.29) is 6.10 Å². The Kier molecular flexibility index (Phi) is 6.77. The molecule has 0 heterocycles. The predicted octanol–water partition coefficient (Wildman–Crippen LogP) is 9.05. The van der Waals surface area contributed by atoms with Crippen LogP contribution in [0.3, 0.4) is 0 Å². The maximum atomic E-state index is 10.3. The lowest BCUT2D eigenvalue weighted by Gasteiger charge is -2.58. The molecule has 190 valence electrons. The van der Waals surface area contributed by atoms with Gasteiger partial charge in [-0.1, -0.05) is 80.4 Å². The van der Waals surface area contributed by atoms with E-state index in [1.165, 1.54) is 51.4 Å². The van der Waals surface area contributed by atoms with E-state index < -0.39 is 0 Å². The van der Waals surface area contributed by atoms with Gasteiger partial charge in [0, 0.05) is 0 Å². The summed E-state index contributed by atoms with van der Waals surface area (Å²) in [5.41, 5.74) is 3.31. The smallest absolute Gasteiger partial charge is 0.0577 e. The molecule has 0 unspecified atom stereocenters. The Labute approximate surface area is 206 Å². The summed E-state index contributed by atoms with van der Waals surface area (Å²) >= 11 is 0. The Morgan fingerprint density at radius 2 is 1.58 bits per heavy atom. The fourth-order valence-electron chi connectivity index (χ4n) is 10.4. The number of hydrogen-bond donors (Lipinski definition) is 1. The van der Waals surface area contributed by atoms with Crippen molar-refractivity contribution in [3.63, 3.8) is 0 Å². The van der Waals surface area contributed by atoms with Crippen molar-refractivity contribution in [1.29, 1.82) is 0 Å². The molecule has 0 aromatic carbocycles. The second-order valence-electron chi connectivity index (χ2n) is 15.7. The van der Waals surface area contributed by atoms with Crippen LogP contribution in [-0.4, -0.2) is 11.2 Å². The highest BCUT2D eigenvalue weighted by atomic mass is 16.3. The highest BCUT2D eigenvalue weighted by molar-refractivity contribution is 5.25. The van der Waals surface area contributed by atoms with Crippen LogP contribution in [-0.2, 0) is 0 Å². The Morgan fingerprint density at radius 3 is 2.21 bits per heavy atom. The molecule has 3 fully saturated rings. The normalized spacial score (nSPS) is 42.4. The maximum absolute atomic E-state index is 10.3. The third-order valence-corrected chi connectivity index (χ3v) is 11.8. The lowest BCUT2D eigenvalue weighted by molar-refractivity contribution is -0.0581. The summed E-state index contributed by atoms with van der Waals surface area (Å²) in [6.07, 6.45) is 15.6. The first-order valence-electron chi connectivity index (χ1n) is 14.6. The van der Waals surface area contributed by atoms with E-state index in [2.05, 4.69) is 68.4 Å². The van der Waals surface area contributed by atoms with E-state index >= 15 is 0 Å². The van der Waals surface area contributed by atoms with Crippen molar-refractivity contribution in [3.8, 4) is 0 Å². The van der Waals surface area contributed by atoms with Gasteiger partial charge in [-0.05, 0) is 115 Å². The monoisotopic (exact) mass is 456 g/mol. The molecule has 0 aromatic heterocycles. The molecule has 0 aliphatic heterocycles. The highest BCUT2D eigenvalue weighted by Crippen LogP contribution is 2.67. The van der Waals surface area contributed by atoms with Gasteiger partial charge in [0.05, 0.1) is 6.10 Å². The quantitative estimate of drug-likeness (QED) is 0.418. The predicted molar refractivity (Wildman–Crippen MR) is 142 cm³/mol. The summed E-state index contributed by atoms with van der Waals surface area (Å²) in [6, 6.07) is 0. The molecule has 4 rings (SSSR count). The van der Waals surface area contributed by atoms with Gasteiger partial charge in [-0.3, -0.25) is 0 Å². The number of rotatable bonds is 4. The molecule has 0 bridgehead atoms. The molecule has 0 spiro atoms. The molecular weight excluding hydrogens is 400 g/mol. The average molecular weight is 457 g/mol. The number of aliphatic hydroxyl groups excluding tert-OH is 1. The fourth-order valence-corrected chi connectivity index (χ4v) is 10.4. The first kappa shape index (κ1) is 25.8. The molecule has 1 nitrogen and oxygen atoms in total. The minimum absolute atomic E-state index is 0.0866. The van der Waals surface area contributed by atoms with Crippen LogP contribution >= 0.6 is 0 Å². The van der Waals surface area contributed by atoms with Gasteiger partial charge < -0.3 is 5.11 Å². The van der Waals surface area contributed by atoms with E-state index in [9.17, 15) is 5.11 Å². The average Bonchev–Trinajstić information content (AvgIpc) is 3.03. The second-order valence-corrected chi connectivity index (χ2v) is 15.7. The molecule has 3 saturated carbocycles. The standard InChI is InChI=1S/C32H56O/c1-21(10-15-28(29(2,3)4)30(5,6)7)25-13-14-26-24-12-11-22-20-23(33)16-18-31(22,8)27(24)17-19-32(25,26)9/h11,21,23-28,33H,10,12-20H2,1-9H3/t21-,23+,24+,25-,26+,27+,31+,32-/m1/s1. The molecule has 8 atom stereocenters. The summed E-state index contributed by atoms with van der Waals surface area (Å²) in [5.74, 6) is 5.21. The second kappa shape index (κ2) is 8.67. The van der Waals surface area contributed by atoms with Gasteiger partial charge in [0.2, 0.25) is 0 Å². The van der Waals surface area contributed by atoms with Gasteiger partial charge in [-0.15, -0.1) is 0 Å². The van der Waals surface area contributed by atoms with Gasteiger partial charge in [-0.25, -0.2) is 0 Å². The highest BCUT2D eigenvalue weighted by Gasteiger charge is 2.59. The minimum Gasteiger partial charge on any atom is -0.393 e. The van der Waals surface area contributed by atoms with Crippen molar-refractivity contribution in [2.45, 2.75) is 133 Å². The summed E-state index contributed by atoms with van der Waals surface area (Å²) < 4.78 is 0. The van der Waals surface area contributed by atoms with Crippen LogP contribution in [0.15, 0.2) is 11.6 Å². The Bertz CT molecular complexity index is 721. The molecule has 0 amide bonds. The molecule has 1 heteroatoms. The molecule has 1 N–H and O–H groups in total. The fraction of sp³-hybridized carbons (Fsp3) is 0.938. The zero-order valence-corrected chi connectivity index (χ0v) is 23.6. The summed E-state index contributed by atoms with van der Waals surface area (Å²) in [5, 5.41) is 10.3. The minimum atomic E-state index is -0.0866. The summed E-state index contributed by atoms with van der Waals surface area (Å²) in [6.45, 7) is 22.6. The Morgan fingerprint density at radius 1 is 0.909 bits per heavy atom. The molecule has 4 aliphatic carbocycles. The van der Waals surface area contributed by atoms with Gasteiger partial charge in [-0.2, -0.15) is 0 Å². The van der Waals surface area contributed by atoms with Crippen molar-refractivity contribution in [3.05, 3.63) is 11.6 Å². The first-order chi connectivity index (χ1) is 15.2. The van der Waals surface area contributed by atoms with Gasteiger partial charge in [0.25, 0.3) is 0 Å². The molecule has 0 saturated heterocycles. The van der Waals surface area contributed by atoms with Crippen LogP contribution in [0.25, 0.3) is 0 Å². The topological polar surface area (TPSA) is 20.2 Å². The summed E-state index contributed by atoms with van der Waals surface area (Å²) in [7, 11) is 0. The molecule has 0 radical (unpaired) electrons. The number of hydrogen-bond acceptors (Lipinski definition) is 1. The van der Waals surface area contributed by atoms with Crippen molar-refractivity contribution in [2.24, 2.45) is 57.2 Å². The van der Waals surface area contributed by atoms with Crippen LogP contribution in [0.4, 0.5) is 0 Å². The van der Waals surface area contributed by atoms with Crippen molar-refractivity contribution in [1.82, 2.24) is 0 Å². The summed E-state index contributed by atoms with van der Waals surface area (Å²) in [4.78, 5) is 0. The molecule has 0 aromatic rings. The molecule has 33 heavy (non-hydrogen) atoms. The zero-order chi connectivity index (χ0) is 24.4. The van der Waals surface area contributed by atoms with Crippen LogP contribution in [0, 0.1) is 57.2 Å². The largest absolute Gasteiger partial charge is 0.393 e. The third-order valence-electron chi connectivity index (χ3n) is 11.8. The first-order valence-corrected chi connectivity index (χ1v) is 14.6. The maximum Gasteiger partial charge on any atom is 0.0577 e. The number of fused-ring (bicyclic) bond motifs is 5. The number of aliphatic hydroxyl groups is 1. The van der Waals surface area contributed by atoms with Crippen molar-refractivity contribution >= 4 is 0 Å². The van der Waals surface area contributed by atoms with Gasteiger partial charge in [0.15, 0.2) is 0 Å². The Hall–Kier alpha value is -0.300. The van der Waals surface area contributed by atoms with E-state index in [1.807, 2.05) is 0 Å². The molecular formula is C32H56O. The Balaban J connectivity index is 1.48. The van der Waals surface area contributed by atoms with E-state index in [1.54, 1.807) is 5.57 Å². The third kappa shape index (κ3) is 4.51. The van der Waals surface area contributed by atoms with Crippen molar-refractivity contribution in [2.75, 3.05) is 0 Å². The zero-order valence-electron chi connectivity index (χ0n) is 23.6. The van der Waals surface area contributed by atoms with Crippen molar-refractivity contribution < 1.29 is 5.11 Å². The van der Waals surface area contributed by atoms with Crippen LogP contribution in [0.5, 0.6) is 0 Å². The van der Waals surface area contributed by atoms with Crippen LogP contribution in [0.1, 0.15) is 127 Å². The van der Waals surface area contributed by atoms with E-state index in [0.717, 1.165) is 48.3 Å². The lowest BCUT2D eigenvalue weighted by atomic mass is 9.47. The van der Waals surface area contributed by atoms with E-state index in [0.29, 0.717) is 21.7 Å². The van der Waals surface area contributed by atoms with Crippen LogP contribution in [0.2, 0.25) is 0 Å². The number of allylic oxidation sites excluding steroid dienone is 1. The lowest BCUT2D eigenvalue weighted by Crippen LogP contribution is -2.50. The van der Waals surface area contributed by atoms with E-state index in [4.69, 9.17) is 0 Å².